The standard InChI is InChI=1S/C11H10N2O4S/c1-4-6(11(16)17-3)5(2)12-9-7(4)8(10(14)15)13-18-9/h1-3H3,(H,14,15). The second-order valence-corrected chi connectivity index (χ2v) is 4.46. The number of carbonyl (C=O) groups excluding carboxylic acids is 1. The highest BCUT2D eigenvalue weighted by atomic mass is 32.1. The number of fused-ring (bicyclic) bond motifs is 1. The Kier molecular flexibility index (Phi) is 3.00. The fourth-order valence-corrected chi connectivity index (χ4v) is 2.72. The molecule has 7 heteroatoms. The summed E-state index contributed by atoms with van der Waals surface area (Å²) in [5, 5.41) is 9.45. The number of aromatic nitrogens is 2. The Morgan fingerprint density at radius 1 is 1.33 bits per heavy atom. The predicted molar refractivity (Wildman–Crippen MR) is 65.2 cm³/mol. The van der Waals surface area contributed by atoms with Crippen LogP contribution in [0, 0.1) is 13.8 Å². The van der Waals surface area contributed by atoms with Crippen molar-refractivity contribution >= 4 is 33.7 Å². The second kappa shape index (κ2) is 4.34. The zero-order valence-corrected chi connectivity index (χ0v) is 10.8. The average Bonchev–Trinajstić information content (AvgIpc) is 2.72. The predicted octanol–water partition coefficient (Wildman–Crippen LogP) is 1.79. The maximum atomic E-state index is 11.7. The highest BCUT2D eigenvalue weighted by Gasteiger charge is 2.23. The Hall–Kier alpha value is -2.02. The number of carbonyl (C=O) groups is 2. The van der Waals surface area contributed by atoms with Crippen molar-refractivity contribution in [1.82, 2.24) is 9.36 Å². The molecule has 2 aromatic rings. The van der Waals surface area contributed by atoms with Gasteiger partial charge < -0.3 is 9.84 Å². The number of hydrogen-bond donors (Lipinski definition) is 1. The van der Waals surface area contributed by atoms with Crippen LogP contribution in [-0.4, -0.2) is 33.5 Å². The smallest absolute Gasteiger partial charge is 0.356 e. The van der Waals surface area contributed by atoms with E-state index in [2.05, 4.69) is 14.1 Å². The van der Waals surface area contributed by atoms with Gasteiger partial charge in [0.25, 0.3) is 0 Å². The minimum atomic E-state index is -1.13. The first kappa shape index (κ1) is 12.4. The van der Waals surface area contributed by atoms with E-state index in [1.54, 1.807) is 13.8 Å². The molecular weight excluding hydrogens is 256 g/mol. The van der Waals surface area contributed by atoms with Crippen molar-refractivity contribution in [3.63, 3.8) is 0 Å². The molecule has 0 spiro atoms. The first-order valence-corrected chi connectivity index (χ1v) is 5.83. The van der Waals surface area contributed by atoms with Gasteiger partial charge in [-0.05, 0) is 30.9 Å². The third-order valence-corrected chi connectivity index (χ3v) is 3.39. The van der Waals surface area contributed by atoms with Gasteiger partial charge in [-0.25, -0.2) is 14.6 Å². The molecule has 6 nitrogen and oxygen atoms in total. The van der Waals surface area contributed by atoms with Crippen molar-refractivity contribution in [2.24, 2.45) is 0 Å². The van der Waals surface area contributed by atoms with Gasteiger partial charge in [-0.15, -0.1) is 0 Å². The SMILES string of the molecule is COC(=O)c1c(C)nc2snc(C(=O)O)c2c1C. The van der Waals surface area contributed by atoms with Gasteiger partial charge in [0, 0.05) is 0 Å². The summed E-state index contributed by atoms with van der Waals surface area (Å²) in [5.41, 5.74) is 1.26. The number of nitrogens with zero attached hydrogens (tertiary/aromatic N) is 2. The van der Waals surface area contributed by atoms with E-state index in [0.29, 0.717) is 27.0 Å². The van der Waals surface area contributed by atoms with Gasteiger partial charge in [-0.3, -0.25) is 0 Å². The minimum absolute atomic E-state index is 0.0786. The number of esters is 1. The first-order valence-electron chi connectivity index (χ1n) is 5.05. The Morgan fingerprint density at radius 2 is 2.00 bits per heavy atom. The van der Waals surface area contributed by atoms with Crippen molar-refractivity contribution < 1.29 is 19.4 Å². The summed E-state index contributed by atoms with van der Waals surface area (Å²) in [6.07, 6.45) is 0. The van der Waals surface area contributed by atoms with Crippen LogP contribution in [0.1, 0.15) is 32.1 Å². The van der Waals surface area contributed by atoms with Crippen molar-refractivity contribution in [2.75, 3.05) is 7.11 Å². The van der Waals surface area contributed by atoms with Gasteiger partial charge in [0.05, 0.1) is 23.8 Å². The Balaban J connectivity index is 2.85. The summed E-state index contributed by atoms with van der Waals surface area (Å²) >= 11 is 1.00. The van der Waals surface area contributed by atoms with Crippen LogP contribution in [0.15, 0.2) is 0 Å². The number of methoxy groups -OCH3 is 1. The summed E-state index contributed by atoms with van der Waals surface area (Å²) in [5.74, 6) is -1.66. The normalized spacial score (nSPS) is 10.6. The van der Waals surface area contributed by atoms with E-state index in [-0.39, 0.29) is 5.69 Å². The molecule has 94 valence electrons. The number of pyridine rings is 1. The van der Waals surface area contributed by atoms with E-state index in [1.807, 2.05) is 0 Å². The molecule has 0 aromatic carbocycles. The van der Waals surface area contributed by atoms with Gasteiger partial charge in [-0.1, -0.05) is 0 Å². The van der Waals surface area contributed by atoms with Crippen LogP contribution < -0.4 is 0 Å². The Bertz CT molecular complexity index is 663. The fraction of sp³-hybridized carbons (Fsp3) is 0.273. The van der Waals surface area contributed by atoms with Crippen LogP contribution in [0.4, 0.5) is 0 Å². The van der Waals surface area contributed by atoms with Crippen molar-refractivity contribution in [2.45, 2.75) is 13.8 Å². The molecule has 0 aliphatic carbocycles. The topological polar surface area (TPSA) is 89.4 Å². The largest absolute Gasteiger partial charge is 0.476 e. The molecule has 0 radical (unpaired) electrons. The second-order valence-electron chi connectivity index (χ2n) is 3.71. The van der Waals surface area contributed by atoms with E-state index < -0.39 is 11.9 Å². The number of aryl methyl sites for hydroxylation is 2. The van der Waals surface area contributed by atoms with Crippen LogP contribution in [-0.2, 0) is 4.74 Å². The van der Waals surface area contributed by atoms with E-state index >= 15 is 0 Å². The highest BCUT2D eigenvalue weighted by molar-refractivity contribution is 7.13. The zero-order valence-electron chi connectivity index (χ0n) is 9.97. The maximum absolute atomic E-state index is 11.7. The third-order valence-electron chi connectivity index (χ3n) is 2.65. The minimum Gasteiger partial charge on any atom is -0.476 e. The monoisotopic (exact) mass is 266 g/mol. The quantitative estimate of drug-likeness (QED) is 0.833. The lowest BCUT2D eigenvalue weighted by Gasteiger charge is -2.08. The van der Waals surface area contributed by atoms with Crippen LogP contribution in [0.2, 0.25) is 0 Å². The molecule has 0 bridgehead atoms. The summed E-state index contributed by atoms with van der Waals surface area (Å²) in [7, 11) is 1.27. The summed E-state index contributed by atoms with van der Waals surface area (Å²) < 4.78 is 8.53. The molecule has 0 saturated carbocycles. The van der Waals surface area contributed by atoms with Crippen molar-refractivity contribution in [3.8, 4) is 0 Å². The number of carboxylic acid groups (broad SMARTS) is 1. The molecule has 0 fully saturated rings. The Morgan fingerprint density at radius 3 is 2.56 bits per heavy atom. The van der Waals surface area contributed by atoms with Crippen LogP contribution in [0.25, 0.3) is 10.2 Å². The molecule has 0 amide bonds. The van der Waals surface area contributed by atoms with Gasteiger partial charge in [0.2, 0.25) is 0 Å². The summed E-state index contributed by atoms with van der Waals surface area (Å²) in [6, 6.07) is 0. The van der Waals surface area contributed by atoms with Gasteiger partial charge >= 0.3 is 11.9 Å². The molecule has 2 heterocycles. The van der Waals surface area contributed by atoms with E-state index in [9.17, 15) is 9.59 Å². The molecular formula is C11H10N2O4S. The van der Waals surface area contributed by atoms with Gasteiger partial charge in [0.1, 0.15) is 4.83 Å². The number of ether oxygens (including phenoxy) is 1. The lowest BCUT2D eigenvalue weighted by molar-refractivity contribution is 0.0597. The first-order chi connectivity index (χ1) is 8.47. The zero-order chi connectivity index (χ0) is 13.4. The van der Waals surface area contributed by atoms with Gasteiger partial charge in [0.15, 0.2) is 5.69 Å². The maximum Gasteiger partial charge on any atom is 0.356 e. The van der Waals surface area contributed by atoms with Crippen molar-refractivity contribution in [1.29, 1.82) is 0 Å². The average molecular weight is 266 g/mol. The van der Waals surface area contributed by atoms with E-state index in [0.717, 1.165) is 11.5 Å². The van der Waals surface area contributed by atoms with Crippen LogP contribution >= 0.6 is 11.5 Å². The lowest BCUT2D eigenvalue weighted by atomic mass is 10.0. The molecule has 1 N–H and O–H groups in total. The van der Waals surface area contributed by atoms with E-state index in [1.165, 1.54) is 7.11 Å². The molecule has 0 saturated heterocycles. The van der Waals surface area contributed by atoms with Crippen LogP contribution in [0.5, 0.6) is 0 Å². The Labute approximate surface area is 106 Å². The number of aromatic carboxylic acids is 1. The summed E-state index contributed by atoms with van der Waals surface area (Å²) in [6.45, 7) is 3.35. The fourth-order valence-electron chi connectivity index (χ4n) is 1.85. The number of carboxylic acids is 1. The number of hydrogen-bond acceptors (Lipinski definition) is 6. The number of rotatable bonds is 2. The third kappa shape index (κ3) is 1.72. The molecule has 18 heavy (non-hydrogen) atoms. The molecule has 0 aliphatic heterocycles. The molecule has 0 aliphatic rings. The van der Waals surface area contributed by atoms with Gasteiger partial charge in [-0.2, -0.15) is 4.37 Å². The molecule has 0 atom stereocenters. The molecule has 0 unspecified atom stereocenters. The highest BCUT2D eigenvalue weighted by Crippen LogP contribution is 2.28. The molecule has 2 aromatic heterocycles. The lowest BCUT2D eigenvalue weighted by Crippen LogP contribution is -2.09. The van der Waals surface area contributed by atoms with E-state index in [4.69, 9.17) is 5.11 Å². The van der Waals surface area contributed by atoms with Crippen LogP contribution in [0.3, 0.4) is 0 Å². The molecule has 2 rings (SSSR count). The van der Waals surface area contributed by atoms with Crippen molar-refractivity contribution in [3.05, 3.63) is 22.5 Å². The summed E-state index contributed by atoms with van der Waals surface area (Å²) in [4.78, 5) is 27.4.